The third-order valence-electron chi connectivity index (χ3n) is 3.96. The molecule has 0 spiro atoms. The lowest BCUT2D eigenvalue weighted by Crippen LogP contribution is -2.30. The van der Waals surface area contributed by atoms with E-state index in [0.717, 1.165) is 15.8 Å². The first kappa shape index (κ1) is 17.2. The summed E-state index contributed by atoms with van der Waals surface area (Å²) < 4.78 is 11.8. The lowest BCUT2D eigenvalue weighted by molar-refractivity contribution is 0.0758. The number of hydrogen-bond acceptors (Lipinski definition) is 4. The minimum atomic E-state index is -0.0883. The molecule has 3 rings (SSSR count). The summed E-state index contributed by atoms with van der Waals surface area (Å²) in [5, 5.41) is -0.0883. The second-order valence-corrected chi connectivity index (χ2v) is 7.33. The summed E-state index contributed by atoms with van der Waals surface area (Å²) >= 11 is 5.21. The summed E-state index contributed by atoms with van der Waals surface area (Å²) in [6, 6.07) is 13.3. The van der Waals surface area contributed by atoms with Crippen LogP contribution in [0.4, 0.5) is 0 Å². The van der Waals surface area contributed by atoms with Crippen molar-refractivity contribution in [3.05, 3.63) is 58.1 Å². The van der Waals surface area contributed by atoms with Crippen LogP contribution in [-0.2, 0) is 0 Å². The molecule has 1 aliphatic rings. The highest BCUT2D eigenvalue weighted by atomic mass is 79.9. The molecular formula is C18H18BrNO3S. The second-order valence-electron chi connectivity index (χ2n) is 5.28. The summed E-state index contributed by atoms with van der Waals surface area (Å²) in [5.41, 5.74) is 1.63. The Kier molecular flexibility index (Phi) is 5.36. The van der Waals surface area contributed by atoms with Gasteiger partial charge in [-0.05, 0) is 34.1 Å². The fraction of sp³-hybridized carbons (Fsp3) is 0.278. The first-order valence-corrected chi connectivity index (χ1v) is 9.39. The highest BCUT2D eigenvalue weighted by Crippen LogP contribution is 2.45. The first-order valence-electron chi connectivity index (χ1n) is 7.55. The summed E-state index contributed by atoms with van der Waals surface area (Å²) in [5.74, 6) is 2.27. The fourth-order valence-corrected chi connectivity index (χ4v) is 4.56. The van der Waals surface area contributed by atoms with Gasteiger partial charge in [0.25, 0.3) is 5.91 Å². The number of amides is 1. The van der Waals surface area contributed by atoms with E-state index in [0.29, 0.717) is 23.6 Å². The molecule has 1 aliphatic heterocycles. The number of benzene rings is 2. The Bertz CT molecular complexity index is 753. The van der Waals surface area contributed by atoms with Gasteiger partial charge in [0.15, 0.2) is 11.5 Å². The lowest BCUT2D eigenvalue weighted by atomic mass is 10.1. The van der Waals surface area contributed by atoms with Crippen molar-refractivity contribution in [2.75, 3.05) is 26.5 Å². The zero-order valence-electron chi connectivity index (χ0n) is 13.5. The molecule has 0 unspecified atom stereocenters. The van der Waals surface area contributed by atoms with Crippen LogP contribution in [0.5, 0.6) is 11.5 Å². The molecule has 24 heavy (non-hydrogen) atoms. The van der Waals surface area contributed by atoms with Crippen LogP contribution in [0.2, 0.25) is 0 Å². The normalized spacial score (nSPS) is 17.0. The van der Waals surface area contributed by atoms with Crippen LogP contribution in [0.1, 0.15) is 21.3 Å². The van der Waals surface area contributed by atoms with E-state index in [1.807, 2.05) is 47.4 Å². The van der Waals surface area contributed by atoms with Crippen LogP contribution >= 0.6 is 27.7 Å². The third kappa shape index (κ3) is 3.13. The van der Waals surface area contributed by atoms with E-state index in [1.54, 1.807) is 26.0 Å². The predicted molar refractivity (Wildman–Crippen MR) is 99.9 cm³/mol. The predicted octanol–water partition coefficient (Wildman–Crippen LogP) is 4.35. The number of methoxy groups -OCH3 is 2. The molecule has 0 aromatic heterocycles. The number of halogens is 1. The van der Waals surface area contributed by atoms with Crippen LogP contribution in [-0.4, -0.2) is 37.3 Å². The van der Waals surface area contributed by atoms with Crippen molar-refractivity contribution >= 4 is 33.6 Å². The number of ether oxygens (including phenoxy) is 2. The van der Waals surface area contributed by atoms with Crippen molar-refractivity contribution in [2.45, 2.75) is 5.37 Å². The SMILES string of the molecule is COc1cccc([C@@H]2SCCN2C(=O)c2ccccc2Br)c1OC. The number of thioether (sulfide) groups is 1. The topological polar surface area (TPSA) is 38.8 Å². The van der Waals surface area contributed by atoms with Gasteiger partial charge < -0.3 is 14.4 Å². The largest absolute Gasteiger partial charge is 0.493 e. The van der Waals surface area contributed by atoms with Crippen molar-refractivity contribution in [3.8, 4) is 11.5 Å². The van der Waals surface area contributed by atoms with Gasteiger partial charge in [-0.2, -0.15) is 0 Å². The Morgan fingerprint density at radius 1 is 1.17 bits per heavy atom. The van der Waals surface area contributed by atoms with Gasteiger partial charge in [0, 0.05) is 22.3 Å². The number of nitrogens with zero attached hydrogens (tertiary/aromatic N) is 1. The molecular weight excluding hydrogens is 390 g/mol. The standard InChI is InChI=1S/C18H18BrNO3S/c1-22-15-9-5-7-13(16(15)23-2)18-20(10-11-24-18)17(21)12-6-3-4-8-14(12)19/h3-9,18H,10-11H2,1-2H3/t18-/m0/s1. The molecule has 1 atom stereocenters. The van der Waals surface area contributed by atoms with E-state index < -0.39 is 0 Å². The minimum absolute atomic E-state index is 0.0161. The van der Waals surface area contributed by atoms with Crippen LogP contribution in [0.25, 0.3) is 0 Å². The number of hydrogen-bond donors (Lipinski definition) is 0. The van der Waals surface area contributed by atoms with E-state index in [2.05, 4.69) is 15.9 Å². The van der Waals surface area contributed by atoms with Gasteiger partial charge in [0.05, 0.1) is 19.8 Å². The molecule has 4 nitrogen and oxygen atoms in total. The van der Waals surface area contributed by atoms with Crippen molar-refractivity contribution < 1.29 is 14.3 Å². The zero-order chi connectivity index (χ0) is 17.1. The van der Waals surface area contributed by atoms with Gasteiger partial charge in [-0.15, -0.1) is 11.8 Å². The molecule has 0 N–H and O–H groups in total. The molecule has 1 fully saturated rings. The first-order chi connectivity index (χ1) is 11.7. The molecule has 2 aromatic rings. The van der Waals surface area contributed by atoms with Crippen molar-refractivity contribution in [1.29, 1.82) is 0 Å². The summed E-state index contributed by atoms with van der Waals surface area (Å²) in [7, 11) is 3.24. The van der Waals surface area contributed by atoms with Crippen LogP contribution < -0.4 is 9.47 Å². The Morgan fingerprint density at radius 3 is 2.67 bits per heavy atom. The number of rotatable bonds is 4. The van der Waals surface area contributed by atoms with Crippen LogP contribution in [0, 0.1) is 0 Å². The minimum Gasteiger partial charge on any atom is -0.493 e. The fourth-order valence-electron chi connectivity index (χ4n) is 2.83. The average Bonchev–Trinajstić information content (AvgIpc) is 3.10. The molecule has 0 bridgehead atoms. The molecule has 2 aromatic carbocycles. The maximum absolute atomic E-state index is 13.0. The van der Waals surface area contributed by atoms with Crippen molar-refractivity contribution in [2.24, 2.45) is 0 Å². The summed E-state index contributed by atoms with van der Waals surface area (Å²) in [4.78, 5) is 14.9. The molecule has 1 amide bonds. The highest BCUT2D eigenvalue weighted by Gasteiger charge is 2.34. The molecule has 126 valence electrons. The van der Waals surface area contributed by atoms with E-state index in [9.17, 15) is 4.79 Å². The highest BCUT2D eigenvalue weighted by molar-refractivity contribution is 9.10. The lowest BCUT2D eigenvalue weighted by Gasteiger charge is -2.26. The molecule has 0 radical (unpaired) electrons. The number of para-hydroxylation sites is 1. The summed E-state index contributed by atoms with van der Waals surface area (Å²) in [6.45, 7) is 0.704. The molecule has 1 heterocycles. The third-order valence-corrected chi connectivity index (χ3v) is 5.89. The van der Waals surface area contributed by atoms with Gasteiger partial charge in [-0.25, -0.2) is 0 Å². The quantitative estimate of drug-likeness (QED) is 0.754. The van der Waals surface area contributed by atoms with Gasteiger partial charge in [-0.1, -0.05) is 24.3 Å². The van der Waals surface area contributed by atoms with Crippen molar-refractivity contribution in [1.82, 2.24) is 4.90 Å². The second kappa shape index (κ2) is 7.49. The number of carbonyl (C=O) groups excluding carboxylic acids is 1. The molecule has 6 heteroatoms. The maximum atomic E-state index is 13.0. The number of carbonyl (C=O) groups is 1. The zero-order valence-corrected chi connectivity index (χ0v) is 15.9. The van der Waals surface area contributed by atoms with Crippen LogP contribution in [0.3, 0.4) is 0 Å². The van der Waals surface area contributed by atoms with Crippen LogP contribution in [0.15, 0.2) is 46.9 Å². The van der Waals surface area contributed by atoms with Gasteiger partial charge >= 0.3 is 0 Å². The molecule has 0 saturated carbocycles. The Labute approximate surface area is 154 Å². The Morgan fingerprint density at radius 2 is 1.96 bits per heavy atom. The Hall–Kier alpha value is -1.66. The average molecular weight is 408 g/mol. The Balaban J connectivity index is 1.97. The van der Waals surface area contributed by atoms with Gasteiger partial charge in [-0.3, -0.25) is 4.79 Å². The van der Waals surface area contributed by atoms with Gasteiger partial charge in [0.2, 0.25) is 0 Å². The van der Waals surface area contributed by atoms with Gasteiger partial charge in [0.1, 0.15) is 5.37 Å². The monoisotopic (exact) mass is 407 g/mol. The van der Waals surface area contributed by atoms with E-state index in [-0.39, 0.29) is 11.3 Å². The molecule has 1 saturated heterocycles. The smallest absolute Gasteiger partial charge is 0.256 e. The van der Waals surface area contributed by atoms with E-state index >= 15 is 0 Å². The van der Waals surface area contributed by atoms with E-state index in [4.69, 9.17) is 9.47 Å². The van der Waals surface area contributed by atoms with Crippen molar-refractivity contribution in [3.63, 3.8) is 0 Å². The summed E-state index contributed by atoms with van der Waals surface area (Å²) in [6.07, 6.45) is 0. The van der Waals surface area contributed by atoms with E-state index in [1.165, 1.54) is 0 Å². The molecule has 0 aliphatic carbocycles. The maximum Gasteiger partial charge on any atom is 0.256 e.